The topological polar surface area (TPSA) is 128 Å². The zero-order valence-electron chi connectivity index (χ0n) is 24.6. The smallest absolute Gasteiger partial charge is 0.271 e. The summed E-state index contributed by atoms with van der Waals surface area (Å²) in [6, 6.07) is 12.5. The maximum atomic E-state index is 14.8. The molecule has 4 N–H and O–H groups in total. The van der Waals surface area contributed by atoms with E-state index in [1.54, 1.807) is 13.0 Å². The molecule has 224 valence electrons. The molecule has 2 amide bonds. The predicted molar refractivity (Wildman–Crippen MR) is 159 cm³/mol. The van der Waals surface area contributed by atoms with Crippen LogP contribution in [0.25, 0.3) is 0 Å². The maximum absolute atomic E-state index is 14.8. The number of carbonyl (C=O) groups excluding carboxylic acids is 2. The lowest BCUT2D eigenvalue weighted by molar-refractivity contribution is -0.131. The highest BCUT2D eigenvalue weighted by Gasteiger charge is 2.51. The number of rotatable bonds is 8. The van der Waals surface area contributed by atoms with Gasteiger partial charge in [0.05, 0.1) is 18.3 Å². The number of aromatic nitrogens is 2. The molecule has 2 aliphatic heterocycles. The number of alkyl halides is 2. The van der Waals surface area contributed by atoms with Crippen molar-refractivity contribution in [1.29, 1.82) is 5.41 Å². The third-order valence-electron chi connectivity index (χ3n) is 7.90. The Kier molecular flexibility index (Phi) is 7.76. The summed E-state index contributed by atoms with van der Waals surface area (Å²) >= 11 is 0. The van der Waals surface area contributed by atoms with E-state index in [0.29, 0.717) is 28.3 Å². The molecule has 1 aromatic heterocycles. The predicted octanol–water partition coefficient (Wildman–Crippen LogP) is 5.25. The molecule has 0 bridgehead atoms. The Balaban J connectivity index is 1.50. The molecule has 1 fully saturated rings. The summed E-state index contributed by atoms with van der Waals surface area (Å²) in [5.41, 5.74) is 6.16. The second-order valence-corrected chi connectivity index (χ2v) is 11.6. The fourth-order valence-corrected chi connectivity index (χ4v) is 5.60. The minimum atomic E-state index is -3.30. The number of nitrogen functional groups attached to an aromatic ring is 1. The Morgan fingerprint density at radius 2 is 1.91 bits per heavy atom. The van der Waals surface area contributed by atoms with Crippen molar-refractivity contribution in [3.63, 3.8) is 0 Å². The number of amides is 2. The second-order valence-electron chi connectivity index (χ2n) is 11.6. The third-order valence-corrected chi connectivity index (χ3v) is 7.90. The summed E-state index contributed by atoms with van der Waals surface area (Å²) in [4.78, 5) is 38.8. The number of benzene rings is 2. The quantitative estimate of drug-likeness (QED) is 0.309. The van der Waals surface area contributed by atoms with Crippen LogP contribution in [-0.4, -0.2) is 37.5 Å². The van der Waals surface area contributed by atoms with Crippen LogP contribution >= 0.6 is 0 Å². The molecule has 0 aliphatic carbocycles. The SMILES string of the molecule is CC(C)C/C=C/[C@]1(c2ccccc2)NC(=N)N([C@H](C)c2ccc(C(C)(F)F)c(C(=O)N3Cc4cnc(N)nc4C3)c2)C1=O. The fraction of sp³-hybridized carbons (Fsp3) is 0.344. The number of nitrogens with one attached hydrogen (secondary N) is 2. The number of carbonyl (C=O) groups is 2. The van der Waals surface area contributed by atoms with E-state index in [4.69, 9.17) is 11.1 Å². The molecule has 9 nitrogen and oxygen atoms in total. The Morgan fingerprint density at radius 1 is 1.19 bits per heavy atom. The Labute approximate surface area is 249 Å². The second kappa shape index (κ2) is 11.2. The van der Waals surface area contributed by atoms with Crippen molar-refractivity contribution in [2.24, 2.45) is 5.92 Å². The molecule has 0 radical (unpaired) electrons. The van der Waals surface area contributed by atoms with Crippen molar-refractivity contribution < 1.29 is 18.4 Å². The first-order valence-electron chi connectivity index (χ1n) is 14.2. The van der Waals surface area contributed by atoms with Crippen LogP contribution in [0.3, 0.4) is 0 Å². The summed E-state index contributed by atoms with van der Waals surface area (Å²) < 4.78 is 29.5. The first kappa shape index (κ1) is 29.8. The zero-order chi connectivity index (χ0) is 31.1. The van der Waals surface area contributed by atoms with Gasteiger partial charge in [-0.15, -0.1) is 0 Å². The van der Waals surface area contributed by atoms with Crippen LogP contribution < -0.4 is 11.1 Å². The molecule has 0 saturated carbocycles. The molecular formula is C32H35F2N7O2. The lowest BCUT2D eigenvalue weighted by Crippen LogP contribution is -2.42. The van der Waals surface area contributed by atoms with Gasteiger partial charge in [-0.05, 0) is 42.5 Å². The number of nitrogens with zero attached hydrogens (tertiary/aromatic N) is 4. The molecule has 3 heterocycles. The highest BCUT2D eigenvalue weighted by molar-refractivity contribution is 6.10. The van der Waals surface area contributed by atoms with Gasteiger partial charge in [-0.3, -0.25) is 19.9 Å². The number of hydrogen-bond donors (Lipinski definition) is 3. The average molecular weight is 588 g/mol. The molecule has 2 aromatic carbocycles. The van der Waals surface area contributed by atoms with Gasteiger partial charge in [0.25, 0.3) is 17.7 Å². The Bertz CT molecular complexity index is 1600. The molecule has 0 spiro atoms. The lowest BCUT2D eigenvalue weighted by Gasteiger charge is -2.28. The van der Waals surface area contributed by atoms with Crippen LogP contribution in [0.5, 0.6) is 0 Å². The number of fused-ring (bicyclic) bond motifs is 1. The number of nitrogens with two attached hydrogens (primary N) is 1. The molecule has 0 unspecified atom stereocenters. The monoisotopic (exact) mass is 587 g/mol. The molecule has 43 heavy (non-hydrogen) atoms. The largest absolute Gasteiger partial charge is 0.368 e. The van der Waals surface area contributed by atoms with Crippen LogP contribution in [0.4, 0.5) is 14.7 Å². The van der Waals surface area contributed by atoms with E-state index in [9.17, 15) is 18.4 Å². The van der Waals surface area contributed by atoms with Gasteiger partial charge in [-0.2, -0.15) is 0 Å². The minimum absolute atomic E-state index is 0.0709. The van der Waals surface area contributed by atoms with Gasteiger partial charge >= 0.3 is 0 Å². The first-order chi connectivity index (χ1) is 20.3. The van der Waals surface area contributed by atoms with E-state index in [0.717, 1.165) is 13.3 Å². The highest BCUT2D eigenvalue weighted by atomic mass is 19.3. The van der Waals surface area contributed by atoms with Crippen LogP contribution in [-0.2, 0) is 29.3 Å². The molecule has 11 heteroatoms. The molecule has 2 atom stereocenters. The van der Waals surface area contributed by atoms with Gasteiger partial charge in [-0.25, -0.2) is 18.7 Å². The van der Waals surface area contributed by atoms with Gasteiger partial charge in [0.15, 0.2) is 11.5 Å². The lowest BCUT2D eigenvalue weighted by atomic mass is 9.88. The summed E-state index contributed by atoms with van der Waals surface area (Å²) in [5.74, 6) is -3.96. The number of halogens is 2. The van der Waals surface area contributed by atoms with Crippen molar-refractivity contribution >= 4 is 23.7 Å². The molecular weight excluding hydrogens is 552 g/mol. The maximum Gasteiger partial charge on any atom is 0.271 e. The van der Waals surface area contributed by atoms with Gasteiger partial charge < -0.3 is 16.0 Å². The molecule has 5 rings (SSSR count). The van der Waals surface area contributed by atoms with Crippen molar-refractivity contribution in [2.45, 2.75) is 64.7 Å². The Hall–Kier alpha value is -4.67. The van der Waals surface area contributed by atoms with Crippen LogP contribution in [0, 0.1) is 11.3 Å². The van der Waals surface area contributed by atoms with Crippen molar-refractivity contribution in [3.8, 4) is 0 Å². The van der Waals surface area contributed by atoms with Crippen LogP contribution in [0.2, 0.25) is 0 Å². The van der Waals surface area contributed by atoms with Crippen molar-refractivity contribution in [2.75, 3.05) is 5.73 Å². The zero-order valence-corrected chi connectivity index (χ0v) is 24.6. The standard InChI is InChI=1S/C32H35F2N7O2/c1-19(2)9-8-14-32(23-10-6-5-7-11-23)28(43)41(30(36)39-32)20(3)21-12-13-25(31(4,33)34)24(15-21)27(42)40-17-22-16-37-29(35)38-26(22)18-40/h5-8,10-16,19-20H,9,17-18H2,1-4H3,(H2,36,39)(H2,35,37,38)/b14-8+/t20-,32-/m1/s1. The van der Waals surface area contributed by atoms with E-state index >= 15 is 0 Å². The van der Waals surface area contributed by atoms with E-state index in [1.165, 1.54) is 34.2 Å². The highest BCUT2D eigenvalue weighted by Crippen LogP contribution is 2.38. The molecule has 1 saturated heterocycles. The summed E-state index contributed by atoms with van der Waals surface area (Å²) in [6.07, 6.45) is 6.00. The molecule has 2 aliphatic rings. The van der Waals surface area contributed by atoms with E-state index in [2.05, 4.69) is 29.1 Å². The van der Waals surface area contributed by atoms with Gasteiger partial charge in [0.2, 0.25) is 5.95 Å². The van der Waals surface area contributed by atoms with E-state index in [-0.39, 0.29) is 36.5 Å². The first-order valence-corrected chi connectivity index (χ1v) is 14.2. The number of anilines is 1. The summed E-state index contributed by atoms with van der Waals surface area (Å²) in [7, 11) is 0. The minimum Gasteiger partial charge on any atom is -0.368 e. The normalized spacial score (nSPS) is 19.3. The summed E-state index contributed by atoms with van der Waals surface area (Å²) in [6.45, 7) is 6.87. The van der Waals surface area contributed by atoms with Crippen LogP contribution in [0.15, 0.2) is 66.9 Å². The van der Waals surface area contributed by atoms with Gasteiger partial charge in [-0.1, -0.05) is 62.4 Å². The van der Waals surface area contributed by atoms with Crippen molar-refractivity contribution in [1.82, 2.24) is 25.1 Å². The fourth-order valence-electron chi connectivity index (χ4n) is 5.60. The molecule has 3 aromatic rings. The van der Waals surface area contributed by atoms with Gasteiger partial charge in [0.1, 0.15) is 0 Å². The third kappa shape index (κ3) is 5.59. The number of allylic oxidation sites excluding steroid dienone is 1. The average Bonchev–Trinajstić information content (AvgIpc) is 3.49. The summed E-state index contributed by atoms with van der Waals surface area (Å²) in [5, 5.41) is 11.9. The van der Waals surface area contributed by atoms with Crippen molar-refractivity contribution in [3.05, 3.63) is 100 Å². The van der Waals surface area contributed by atoms with Crippen LogP contribution in [0.1, 0.15) is 78.5 Å². The van der Waals surface area contributed by atoms with Gasteiger partial charge in [0, 0.05) is 36.4 Å². The number of hydrogen-bond acceptors (Lipinski definition) is 6. The number of guanidine groups is 1. The van der Waals surface area contributed by atoms with E-state index in [1.807, 2.05) is 36.4 Å². The van der Waals surface area contributed by atoms with E-state index < -0.39 is 29.0 Å². The Morgan fingerprint density at radius 3 is 2.58 bits per heavy atom.